The number of hydrogen-bond donors (Lipinski definition) is 1. The molecule has 2 aromatic rings. The van der Waals surface area contributed by atoms with E-state index in [0.29, 0.717) is 12.4 Å². The van der Waals surface area contributed by atoms with E-state index < -0.39 is 6.10 Å². The minimum Gasteiger partial charge on any atom is -0.485 e. The molecule has 1 unspecified atom stereocenters. The van der Waals surface area contributed by atoms with Crippen LogP contribution in [0.2, 0.25) is 0 Å². The van der Waals surface area contributed by atoms with E-state index in [0.717, 1.165) is 11.4 Å². The van der Waals surface area contributed by atoms with Crippen molar-refractivity contribution in [2.75, 3.05) is 0 Å². The molecule has 90 valence electrons. The smallest absolute Gasteiger partial charge is 0.146 e. The van der Waals surface area contributed by atoms with Gasteiger partial charge in [-0.05, 0) is 13.0 Å². The molecule has 0 amide bonds. The van der Waals surface area contributed by atoms with Crippen molar-refractivity contribution in [2.24, 2.45) is 7.05 Å². The van der Waals surface area contributed by atoms with Crippen LogP contribution in [-0.4, -0.2) is 14.7 Å². The summed E-state index contributed by atoms with van der Waals surface area (Å²) in [7, 11) is 1.92. The molecule has 0 saturated carbocycles. The molecule has 1 N–H and O–H groups in total. The van der Waals surface area contributed by atoms with Gasteiger partial charge in [-0.25, -0.2) is 4.98 Å². The summed E-state index contributed by atoms with van der Waals surface area (Å²) < 4.78 is 7.59. The normalized spacial score (nSPS) is 12.4. The van der Waals surface area contributed by atoms with Gasteiger partial charge in [0, 0.05) is 25.0 Å². The third-order valence-electron chi connectivity index (χ3n) is 2.65. The number of aliphatic hydroxyl groups is 1. The molecule has 0 aliphatic carbocycles. The Morgan fingerprint density at radius 2 is 2.18 bits per heavy atom. The van der Waals surface area contributed by atoms with Crippen molar-refractivity contribution >= 4 is 0 Å². The van der Waals surface area contributed by atoms with Gasteiger partial charge in [-0.1, -0.05) is 18.2 Å². The number of ether oxygens (including phenoxy) is 1. The number of rotatable bonds is 4. The number of nitrogens with zero attached hydrogens (tertiary/aromatic N) is 2. The lowest BCUT2D eigenvalue weighted by Gasteiger charge is -2.12. The van der Waals surface area contributed by atoms with Crippen LogP contribution >= 0.6 is 0 Å². The Hall–Kier alpha value is -1.81. The summed E-state index contributed by atoms with van der Waals surface area (Å²) >= 11 is 0. The third kappa shape index (κ3) is 2.65. The summed E-state index contributed by atoms with van der Waals surface area (Å²) in [6.07, 6.45) is 3.07. The molecule has 1 aromatic heterocycles. The van der Waals surface area contributed by atoms with E-state index in [1.54, 1.807) is 13.1 Å². The summed E-state index contributed by atoms with van der Waals surface area (Å²) in [4.78, 5) is 4.18. The van der Waals surface area contributed by atoms with Gasteiger partial charge in [-0.3, -0.25) is 0 Å². The fourth-order valence-corrected chi connectivity index (χ4v) is 1.63. The van der Waals surface area contributed by atoms with Crippen LogP contribution in [-0.2, 0) is 13.7 Å². The molecule has 17 heavy (non-hydrogen) atoms. The monoisotopic (exact) mass is 232 g/mol. The van der Waals surface area contributed by atoms with Crippen LogP contribution in [0.5, 0.6) is 5.75 Å². The van der Waals surface area contributed by atoms with Crippen molar-refractivity contribution in [3.63, 3.8) is 0 Å². The van der Waals surface area contributed by atoms with Gasteiger partial charge in [0.05, 0.1) is 6.10 Å². The van der Waals surface area contributed by atoms with Gasteiger partial charge < -0.3 is 14.4 Å². The molecule has 0 saturated heterocycles. The topological polar surface area (TPSA) is 47.3 Å². The van der Waals surface area contributed by atoms with Crippen LogP contribution in [0.1, 0.15) is 24.4 Å². The Kier molecular flexibility index (Phi) is 3.44. The number of para-hydroxylation sites is 1. The highest BCUT2D eigenvalue weighted by Gasteiger charge is 2.09. The molecular formula is C13H16N2O2. The first kappa shape index (κ1) is 11.7. The predicted octanol–water partition coefficient (Wildman–Crippen LogP) is 2.05. The summed E-state index contributed by atoms with van der Waals surface area (Å²) in [5.41, 5.74) is 0.793. The second-order valence-electron chi connectivity index (χ2n) is 3.96. The first-order valence-electron chi connectivity index (χ1n) is 5.54. The summed E-state index contributed by atoms with van der Waals surface area (Å²) in [5.74, 6) is 1.55. The van der Waals surface area contributed by atoms with Crippen LogP contribution < -0.4 is 4.74 Å². The first-order valence-corrected chi connectivity index (χ1v) is 5.54. The molecule has 0 aliphatic heterocycles. The zero-order valence-corrected chi connectivity index (χ0v) is 10.00. The molecule has 0 spiro atoms. The fraction of sp³-hybridized carbons (Fsp3) is 0.308. The van der Waals surface area contributed by atoms with Gasteiger partial charge in [-0.15, -0.1) is 0 Å². The van der Waals surface area contributed by atoms with E-state index >= 15 is 0 Å². The van der Waals surface area contributed by atoms with Crippen molar-refractivity contribution in [2.45, 2.75) is 19.6 Å². The Balaban J connectivity index is 2.11. The molecule has 1 heterocycles. The van der Waals surface area contributed by atoms with Gasteiger partial charge in [0.25, 0.3) is 0 Å². The van der Waals surface area contributed by atoms with Crippen molar-refractivity contribution in [3.05, 3.63) is 48.0 Å². The molecule has 1 atom stereocenters. The Morgan fingerprint density at radius 1 is 1.41 bits per heavy atom. The molecule has 0 fully saturated rings. The van der Waals surface area contributed by atoms with Crippen LogP contribution in [0, 0.1) is 0 Å². The van der Waals surface area contributed by atoms with Crippen molar-refractivity contribution in [1.82, 2.24) is 9.55 Å². The van der Waals surface area contributed by atoms with E-state index in [2.05, 4.69) is 4.98 Å². The molecule has 0 radical (unpaired) electrons. The zero-order chi connectivity index (χ0) is 12.3. The van der Waals surface area contributed by atoms with Gasteiger partial charge in [0.15, 0.2) is 0 Å². The highest BCUT2D eigenvalue weighted by molar-refractivity contribution is 5.34. The summed E-state index contributed by atoms with van der Waals surface area (Å²) in [6, 6.07) is 7.48. The number of hydrogen-bond acceptors (Lipinski definition) is 3. The minimum absolute atomic E-state index is 0.396. The van der Waals surface area contributed by atoms with Gasteiger partial charge >= 0.3 is 0 Å². The first-order chi connectivity index (χ1) is 8.18. The van der Waals surface area contributed by atoms with E-state index in [4.69, 9.17) is 4.74 Å². The molecule has 4 nitrogen and oxygen atoms in total. The quantitative estimate of drug-likeness (QED) is 0.877. The van der Waals surface area contributed by atoms with Crippen molar-refractivity contribution < 1.29 is 9.84 Å². The Labute approximate surface area is 100 Å². The second kappa shape index (κ2) is 5.01. The van der Waals surface area contributed by atoms with Gasteiger partial charge in [0.2, 0.25) is 0 Å². The van der Waals surface area contributed by atoms with E-state index in [9.17, 15) is 5.11 Å². The van der Waals surface area contributed by atoms with Gasteiger partial charge in [-0.2, -0.15) is 0 Å². The lowest BCUT2D eigenvalue weighted by Crippen LogP contribution is -2.05. The van der Waals surface area contributed by atoms with Crippen LogP contribution in [0.15, 0.2) is 36.7 Å². The lowest BCUT2D eigenvalue weighted by atomic mass is 10.1. The number of benzene rings is 1. The van der Waals surface area contributed by atoms with Crippen LogP contribution in [0.25, 0.3) is 0 Å². The summed E-state index contributed by atoms with van der Waals surface area (Å²) in [5, 5.41) is 9.62. The lowest BCUT2D eigenvalue weighted by molar-refractivity contribution is 0.189. The average Bonchev–Trinajstić information content (AvgIpc) is 2.72. The molecule has 0 bridgehead atoms. The zero-order valence-electron chi connectivity index (χ0n) is 10.00. The van der Waals surface area contributed by atoms with E-state index in [-0.39, 0.29) is 0 Å². The highest BCUT2D eigenvalue weighted by atomic mass is 16.5. The van der Waals surface area contributed by atoms with Gasteiger partial charge in [0.1, 0.15) is 18.2 Å². The number of aliphatic hydroxyl groups excluding tert-OH is 1. The van der Waals surface area contributed by atoms with Crippen molar-refractivity contribution in [3.8, 4) is 5.75 Å². The molecule has 0 aliphatic rings. The van der Waals surface area contributed by atoms with Crippen LogP contribution in [0.4, 0.5) is 0 Å². The highest BCUT2D eigenvalue weighted by Crippen LogP contribution is 2.25. The average molecular weight is 232 g/mol. The Morgan fingerprint density at radius 3 is 2.82 bits per heavy atom. The largest absolute Gasteiger partial charge is 0.485 e. The minimum atomic E-state index is -0.535. The second-order valence-corrected chi connectivity index (χ2v) is 3.96. The van der Waals surface area contributed by atoms with Crippen molar-refractivity contribution in [1.29, 1.82) is 0 Å². The van der Waals surface area contributed by atoms with E-state index in [1.807, 2.05) is 42.1 Å². The third-order valence-corrected chi connectivity index (χ3v) is 2.65. The number of aryl methyl sites for hydroxylation is 1. The predicted molar refractivity (Wildman–Crippen MR) is 64.6 cm³/mol. The number of aromatic nitrogens is 2. The molecular weight excluding hydrogens is 216 g/mol. The standard InChI is InChI=1S/C13H16N2O2/c1-10(16)11-5-3-4-6-12(11)17-9-13-14-7-8-15(13)2/h3-8,10,16H,9H2,1-2H3. The molecule has 2 rings (SSSR count). The maximum absolute atomic E-state index is 9.62. The molecule has 4 heteroatoms. The van der Waals surface area contributed by atoms with Crippen LogP contribution in [0.3, 0.4) is 0 Å². The molecule has 1 aromatic carbocycles. The maximum atomic E-state index is 9.62. The maximum Gasteiger partial charge on any atom is 0.146 e. The number of imidazole rings is 1. The van der Waals surface area contributed by atoms with E-state index in [1.165, 1.54) is 0 Å². The SMILES string of the molecule is CC(O)c1ccccc1OCc1nccn1C. The Bertz CT molecular complexity index is 492. The fourth-order valence-electron chi connectivity index (χ4n) is 1.63. The summed E-state index contributed by atoms with van der Waals surface area (Å²) in [6.45, 7) is 2.12.